The molecule has 1 aliphatic heterocycles. The number of aromatic nitrogens is 2. The fourth-order valence-corrected chi connectivity index (χ4v) is 3.25. The molecule has 128 valence electrons. The molecule has 0 bridgehead atoms. The molecule has 0 saturated carbocycles. The van der Waals surface area contributed by atoms with Crippen molar-refractivity contribution < 1.29 is 9.13 Å². The Hall–Kier alpha value is -1.56. The maximum absolute atomic E-state index is 13.2. The summed E-state index contributed by atoms with van der Waals surface area (Å²) in [5, 5.41) is 0.475. The van der Waals surface area contributed by atoms with E-state index in [1.807, 2.05) is 13.0 Å². The first-order valence-corrected chi connectivity index (χ1v) is 8.49. The van der Waals surface area contributed by atoms with Gasteiger partial charge in [-0.15, -0.1) is 0 Å². The lowest BCUT2D eigenvalue weighted by Gasteiger charge is -2.23. The van der Waals surface area contributed by atoms with Crippen molar-refractivity contribution in [3.05, 3.63) is 58.4 Å². The summed E-state index contributed by atoms with van der Waals surface area (Å²) in [5.41, 5.74) is 2.96. The van der Waals surface area contributed by atoms with Gasteiger partial charge in [0.05, 0.1) is 13.2 Å². The molecule has 0 radical (unpaired) electrons. The molecule has 2 heterocycles. The number of hydrogen-bond acceptors (Lipinski definition) is 4. The molecule has 0 aliphatic carbocycles. The molecule has 1 aliphatic rings. The molecular formula is C18H21ClFN3O. The van der Waals surface area contributed by atoms with E-state index >= 15 is 0 Å². The van der Waals surface area contributed by atoms with Crippen LogP contribution in [0.1, 0.15) is 17.0 Å². The van der Waals surface area contributed by atoms with Gasteiger partial charge in [0.15, 0.2) is 0 Å². The highest BCUT2D eigenvalue weighted by Gasteiger charge is 2.20. The van der Waals surface area contributed by atoms with Crippen molar-refractivity contribution in [1.29, 1.82) is 0 Å². The number of halogens is 2. The van der Waals surface area contributed by atoms with Crippen LogP contribution in [0.4, 0.5) is 4.39 Å². The van der Waals surface area contributed by atoms with Crippen LogP contribution in [-0.2, 0) is 17.7 Å². The average Bonchev–Trinajstić information content (AvgIpc) is 2.75. The molecule has 6 heteroatoms. The zero-order valence-electron chi connectivity index (χ0n) is 13.7. The molecule has 1 aromatic heterocycles. The third kappa shape index (κ3) is 4.72. The number of rotatable bonds is 4. The number of nitrogens with zero attached hydrogens (tertiary/aromatic N) is 3. The minimum atomic E-state index is -0.306. The van der Waals surface area contributed by atoms with Crippen LogP contribution in [0.25, 0.3) is 0 Å². The third-order valence-corrected chi connectivity index (χ3v) is 4.54. The van der Waals surface area contributed by atoms with Crippen LogP contribution in [0.2, 0.25) is 5.02 Å². The van der Waals surface area contributed by atoms with Crippen molar-refractivity contribution in [2.75, 3.05) is 26.3 Å². The second-order valence-electron chi connectivity index (χ2n) is 6.27. The van der Waals surface area contributed by atoms with E-state index in [-0.39, 0.29) is 5.82 Å². The van der Waals surface area contributed by atoms with Crippen molar-refractivity contribution >= 4 is 11.6 Å². The van der Waals surface area contributed by atoms with E-state index in [1.165, 1.54) is 12.1 Å². The van der Waals surface area contributed by atoms with Crippen LogP contribution in [0.15, 0.2) is 30.6 Å². The quantitative estimate of drug-likeness (QED) is 0.849. The minimum absolute atomic E-state index is 0.306. The summed E-state index contributed by atoms with van der Waals surface area (Å²) in [7, 11) is 0. The van der Waals surface area contributed by atoms with Gasteiger partial charge < -0.3 is 4.74 Å². The molecule has 1 atom stereocenters. The Morgan fingerprint density at radius 2 is 2.21 bits per heavy atom. The Labute approximate surface area is 146 Å². The van der Waals surface area contributed by atoms with Crippen molar-refractivity contribution in [3.63, 3.8) is 0 Å². The maximum atomic E-state index is 13.2. The third-order valence-electron chi connectivity index (χ3n) is 4.19. The monoisotopic (exact) mass is 349 g/mol. The van der Waals surface area contributed by atoms with Gasteiger partial charge >= 0.3 is 0 Å². The van der Waals surface area contributed by atoms with Gasteiger partial charge in [0.1, 0.15) is 12.1 Å². The van der Waals surface area contributed by atoms with Gasteiger partial charge in [0.25, 0.3) is 0 Å². The summed E-state index contributed by atoms with van der Waals surface area (Å²) in [6.45, 7) is 5.82. The van der Waals surface area contributed by atoms with E-state index in [2.05, 4.69) is 14.9 Å². The van der Waals surface area contributed by atoms with E-state index in [1.54, 1.807) is 12.4 Å². The first-order chi connectivity index (χ1) is 11.6. The molecule has 1 fully saturated rings. The lowest BCUT2D eigenvalue weighted by molar-refractivity contribution is 0.121. The normalized spacial score (nSPS) is 19.2. The van der Waals surface area contributed by atoms with E-state index in [0.717, 1.165) is 43.1 Å². The first kappa shape index (κ1) is 17.3. The fraction of sp³-hybridized carbons (Fsp3) is 0.444. The topological polar surface area (TPSA) is 38.2 Å². The zero-order valence-corrected chi connectivity index (χ0v) is 14.5. The van der Waals surface area contributed by atoms with Gasteiger partial charge in [-0.1, -0.05) is 17.7 Å². The van der Waals surface area contributed by atoms with Crippen LogP contribution < -0.4 is 0 Å². The molecule has 0 unspecified atom stereocenters. The van der Waals surface area contributed by atoms with E-state index in [0.29, 0.717) is 24.1 Å². The largest absolute Gasteiger partial charge is 0.380 e. The van der Waals surface area contributed by atoms with Crippen LogP contribution >= 0.6 is 11.6 Å². The van der Waals surface area contributed by atoms with Crippen LogP contribution in [0, 0.1) is 18.7 Å². The number of benzene rings is 1. The summed E-state index contributed by atoms with van der Waals surface area (Å²) in [6.07, 6.45) is 2.47. The number of aryl methyl sites for hydroxylation is 1. The molecule has 2 aromatic rings. The Balaban J connectivity index is 1.66. The lowest BCUT2D eigenvalue weighted by atomic mass is 10.0. The average molecular weight is 350 g/mol. The Morgan fingerprint density at radius 1 is 1.33 bits per heavy atom. The van der Waals surface area contributed by atoms with Gasteiger partial charge in [-0.25, -0.2) is 14.4 Å². The van der Waals surface area contributed by atoms with E-state index < -0.39 is 0 Å². The second-order valence-corrected chi connectivity index (χ2v) is 6.67. The summed E-state index contributed by atoms with van der Waals surface area (Å²) in [6, 6.07) is 6.60. The van der Waals surface area contributed by atoms with Crippen molar-refractivity contribution in [2.24, 2.45) is 5.92 Å². The molecule has 0 amide bonds. The van der Waals surface area contributed by atoms with Gasteiger partial charge in [0, 0.05) is 42.0 Å². The molecule has 3 rings (SSSR count). The predicted octanol–water partition coefficient (Wildman–Crippen LogP) is 3.27. The molecule has 4 nitrogen and oxygen atoms in total. The maximum Gasteiger partial charge on any atom is 0.124 e. The Morgan fingerprint density at radius 3 is 3.00 bits per heavy atom. The Bertz CT molecular complexity index is 698. The SMILES string of the molecule is Cc1cc(C[C@H]2COCCN(Cc3ccc(F)cc3Cl)C2)ncn1. The highest BCUT2D eigenvalue weighted by atomic mass is 35.5. The van der Waals surface area contributed by atoms with Crippen LogP contribution in [0.5, 0.6) is 0 Å². The first-order valence-electron chi connectivity index (χ1n) is 8.11. The van der Waals surface area contributed by atoms with Crippen molar-refractivity contribution in [2.45, 2.75) is 19.9 Å². The summed E-state index contributed by atoms with van der Waals surface area (Å²) >= 11 is 6.16. The second kappa shape index (κ2) is 8.01. The van der Waals surface area contributed by atoms with Crippen LogP contribution in [-0.4, -0.2) is 41.2 Å². The predicted molar refractivity (Wildman–Crippen MR) is 91.5 cm³/mol. The van der Waals surface area contributed by atoms with E-state index in [9.17, 15) is 4.39 Å². The summed E-state index contributed by atoms with van der Waals surface area (Å²) in [5.74, 6) is 0.0565. The number of hydrogen-bond donors (Lipinski definition) is 0. The van der Waals surface area contributed by atoms with Crippen molar-refractivity contribution in [1.82, 2.24) is 14.9 Å². The van der Waals surface area contributed by atoms with Crippen molar-refractivity contribution in [3.8, 4) is 0 Å². The smallest absolute Gasteiger partial charge is 0.124 e. The molecule has 1 saturated heterocycles. The molecule has 1 aromatic carbocycles. The minimum Gasteiger partial charge on any atom is -0.380 e. The Kier molecular flexibility index (Phi) is 5.76. The van der Waals surface area contributed by atoms with Gasteiger partial charge in [-0.3, -0.25) is 4.90 Å². The molecule has 0 N–H and O–H groups in total. The lowest BCUT2D eigenvalue weighted by Crippen LogP contribution is -2.30. The highest BCUT2D eigenvalue weighted by Crippen LogP contribution is 2.21. The fourth-order valence-electron chi connectivity index (χ4n) is 3.03. The van der Waals surface area contributed by atoms with Gasteiger partial charge in [0.2, 0.25) is 0 Å². The van der Waals surface area contributed by atoms with Gasteiger partial charge in [-0.2, -0.15) is 0 Å². The molecule has 24 heavy (non-hydrogen) atoms. The standard InChI is InChI=1S/C18H21ClFN3O/c1-13-6-17(22-12-21-13)7-14-9-23(4-5-24-11-14)10-15-2-3-16(20)8-18(15)19/h2-3,6,8,12,14H,4-5,7,9-11H2,1H3/t14-/m1/s1. The summed E-state index contributed by atoms with van der Waals surface area (Å²) < 4.78 is 18.9. The number of ether oxygens (including phenoxy) is 1. The summed E-state index contributed by atoms with van der Waals surface area (Å²) in [4.78, 5) is 10.8. The van der Waals surface area contributed by atoms with Crippen LogP contribution in [0.3, 0.4) is 0 Å². The molecular weight excluding hydrogens is 329 g/mol. The highest BCUT2D eigenvalue weighted by molar-refractivity contribution is 6.31. The van der Waals surface area contributed by atoms with E-state index in [4.69, 9.17) is 16.3 Å². The van der Waals surface area contributed by atoms with Gasteiger partial charge in [-0.05, 0) is 37.1 Å². The zero-order chi connectivity index (χ0) is 16.9. The molecule has 0 spiro atoms.